The second kappa shape index (κ2) is 32.0. The summed E-state index contributed by atoms with van der Waals surface area (Å²) in [4.78, 5) is 31.3. The maximum Gasteiger partial charge on any atom is 0.164 e. The van der Waals surface area contributed by atoms with E-state index in [0.717, 1.165) is 161 Å². The molecule has 26 rings (SSSR count). The number of fused-ring (bicyclic) bond motifs is 16. The van der Waals surface area contributed by atoms with Crippen molar-refractivity contribution >= 4 is 120 Å². The number of nitrogens with zero attached hydrogens (tertiary/aromatic N) is 7. The summed E-state index contributed by atoms with van der Waals surface area (Å²) in [6.45, 7) is 0. The molecule has 5 aromatic heterocycles. The predicted molar refractivity (Wildman–Crippen MR) is 533 cm³/mol. The summed E-state index contributed by atoms with van der Waals surface area (Å²) < 4.78 is 15.7. The highest BCUT2D eigenvalue weighted by atomic mass is 35.5. The summed E-state index contributed by atoms with van der Waals surface area (Å²) in [5.41, 5.74) is 26.2. The Bertz CT molecular complexity index is 8710. The van der Waals surface area contributed by atoms with Crippen molar-refractivity contribution in [3.05, 3.63) is 453 Å². The molecule has 25 aromatic rings. The van der Waals surface area contributed by atoms with Gasteiger partial charge >= 0.3 is 0 Å². The van der Waals surface area contributed by atoms with Gasteiger partial charge in [0.1, 0.15) is 22.3 Å². The fraction of sp³-hybridized carbons (Fsp3) is 0.00840. The van der Waals surface area contributed by atoms with Crippen LogP contribution in [0.25, 0.3) is 238 Å². The topological polar surface area (TPSA) is 109 Å². The Morgan fingerprint density at radius 1 is 0.202 bits per heavy atom. The second-order valence-electron chi connectivity index (χ2n) is 32.9. The zero-order valence-corrected chi connectivity index (χ0v) is 70.4. The van der Waals surface area contributed by atoms with E-state index in [0.29, 0.717) is 45.6 Å². The van der Waals surface area contributed by atoms with E-state index in [4.69, 9.17) is 50.3 Å². The average Bonchev–Trinajstić information content (AvgIpc) is 1.58. The number of rotatable bonds is 11. The van der Waals surface area contributed by atoms with Crippen LogP contribution in [0.5, 0.6) is 0 Å². The summed E-state index contributed by atoms with van der Waals surface area (Å²) in [6.07, 6.45) is 1.08. The second-order valence-corrected chi connectivity index (χ2v) is 33.4. The third-order valence-corrected chi connectivity index (χ3v) is 25.2. The molecule has 0 saturated carbocycles. The van der Waals surface area contributed by atoms with Crippen molar-refractivity contribution < 1.29 is 8.83 Å². The molecule has 0 saturated heterocycles. The largest absolute Gasteiger partial charge is 0.456 e. The van der Waals surface area contributed by atoms with E-state index < -0.39 is 0 Å². The molecule has 0 N–H and O–H groups in total. The number of hydrogen-bond donors (Lipinski definition) is 0. The predicted octanol–water partition coefficient (Wildman–Crippen LogP) is 31.8. The highest BCUT2D eigenvalue weighted by Gasteiger charge is 2.26. The highest BCUT2D eigenvalue weighted by molar-refractivity contribution is 6.32. The van der Waals surface area contributed by atoms with E-state index in [1.54, 1.807) is 0 Å². The van der Waals surface area contributed by atoms with Crippen molar-refractivity contribution in [2.75, 3.05) is 0 Å². The van der Waals surface area contributed by atoms with E-state index in [1.165, 1.54) is 54.6 Å². The molecule has 0 bridgehead atoms. The van der Waals surface area contributed by atoms with Crippen LogP contribution in [0.4, 0.5) is 0 Å². The van der Waals surface area contributed by atoms with Gasteiger partial charge in [-0.15, -0.1) is 0 Å². The third-order valence-electron chi connectivity index (χ3n) is 25.0. The molecule has 129 heavy (non-hydrogen) atoms. The summed E-state index contributed by atoms with van der Waals surface area (Å²) in [6, 6.07) is 153. The van der Waals surface area contributed by atoms with E-state index >= 15 is 0 Å². The highest BCUT2D eigenvalue weighted by Crippen LogP contribution is 2.46. The van der Waals surface area contributed by atoms with Crippen LogP contribution in [0, 0.1) is 0 Å². The molecule has 1 aliphatic carbocycles. The summed E-state index contributed by atoms with van der Waals surface area (Å²) in [5, 5.41) is 16.3. The van der Waals surface area contributed by atoms with Crippen LogP contribution in [-0.2, 0) is 6.42 Å². The van der Waals surface area contributed by atoms with Gasteiger partial charge in [-0.1, -0.05) is 363 Å². The Kier molecular flexibility index (Phi) is 18.8. The van der Waals surface area contributed by atoms with Crippen LogP contribution in [0.15, 0.2) is 446 Å². The van der Waals surface area contributed by atoms with Gasteiger partial charge in [-0.25, -0.2) is 29.9 Å². The van der Waals surface area contributed by atoms with Gasteiger partial charge in [-0.2, -0.15) is 0 Å². The van der Waals surface area contributed by atoms with Crippen LogP contribution in [-0.4, -0.2) is 34.5 Å². The smallest absolute Gasteiger partial charge is 0.164 e. The minimum atomic E-state index is 0.524. The van der Waals surface area contributed by atoms with Gasteiger partial charge < -0.3 is 13.4 Å². The van der Waals surface area contributed by atoms with Crippen molar-refractivity contribution in [2.24, 2.45) is 0 Å². The fourth-order valence-electron chi connectivity index (χ4n) is 18.7. The SMILES string of the molecule is Clc1cc(-c2nc(-c3ccc(-c4ccccc4)cc3)nc(-c3cccc(-c4ccccc4)c3)n2)c2c(c1)oc1cc3ccccc3cc12.c1ccc(-c2ccc(-c3nc(-c4cccc(-c5ccccc5)c4)nc(-c4cc(-n5c6ccccc6c6cc7ccccc7cc65)cc5oc6cc7ccccc7cc6c45)n3)cc2)cc1.c1ccc2c(c1)Cc1cc3ccccc3cc1-2. The first-order valence-electron chi connectivity index (χ1n) is 43.4. The molecular formula is C119H74ClN7O2. The molecule has 9 nitrogen and oxygen atoms in total. The zero-order valence-electron chi connectivity index (χ0n) is 69.6. The van der Waals surface area contributed by atoms with Gasteiger partial charge in [0.2, 0.25) is 0 Å². The van der Waals surface area contributed by atoms with Crippen LogP contribution in [0.3, 0.4) is 0 Å². The number of furan rings is 2. The first-order chi connectivity index (χ1) is 63.8. The first-order valence-corrected chi connectivity index (χ1v) is 43.8. The van der Waals surface area contributed by atoms with Crippen molar-refractivity contribution in [1.29, 1.82) is 0 Å². The summed E-state index contributed by atoms with van der Waals surface area (Å²) in [7, 11) is 0. The van der Waals surface area contributed by atoms with Crippen LogP contribution in [0.1, 0.15) is 11.1 Å². The van der Waals surface area contributed by atoms with Crippen molar-refractivity contribution in [3.8, 4) is 130 Å². The zero-order chi connectivity index (χ0) is 85.4. The molecule has 0 amide bonds. The molecule has 1 aliphatic rings. The van der Waals surface area contributed by atoms with E-state index in [-0.39, 0.29) is 0 Å². The first kappa shape index (κ1) is 75.9. The number of halogens is 1. The average molecular weight is 1670 g/mol. The van der Waals surface area contributed by atoms with Crippen molar-refractivity contribution in [2.45, 2.75) is 6.42 Å². The fourth-order valence-corrected chi connectivity index (χ4v) is 18.9. The van der Waals surface area contributed by atoms with Crippen LogP contribution >= 0.6 is 11.6 Å². The van der Waals surface area contributed by atoms with E-state index in [9.17, 15) is 0 Å². The van der Waals surface area contributed by atoms with Crippen LogP contribution in [0.2, 0.25) is 5.02 Å². The number of para-hydroxylation sites is 1. The number of hydrogen-bond acceptors (Lipinski definition) is 8. The number of aromatic nitrogens is 7. The lowest BCUT2D eigenvalue weighted by Crippen LogP contribution is -2.02. The molecule has 0 radical (unpaired) electrons. The minimum Gasteiger partial charge on any atom is -0.456 e. The lowest BCUT2D eigenvalue weighted by atomic mass is 10.0. The Hall–Kier alpha value is -16.9. The Balaban J connectivity index is 0.000000124. The Morgan fingerprint density at radius 3 is 1.06 bits per heavy atom. The number of benzene rings is 20. The van der Waals surface area contributed by atoms with Crippen LogP contribution < -0.4 is 0 Å². The molecule has 0 fully saturated rings. The molecule has 10 heteroatoms. The standard InChI is InChI=1S/C59H36N4O.C43H26ClN3O.C17H12/c1-3-14-37(15-4-1)39-26-28-40(29-27-39)57-60-58(46-23-13-22-41(30-46)38-16-5-2-6-17-38)62-59(61-57)51-35-47(36-55-56(51)50-32-43-19-8-10-21-45(43)34-54(50)64-55)63-52-25-12-11-24-48(52)49-31-42-18-7-9-20-44(42)33-53(49)63;44-35-25-37(40-36-23-32-14-7-8-15-33(32)24-38(36)48-39(40)26-35)43-46-41(30-20-18-29(19-21-30)27-10-3-1-4-11-27)45-42(47-43)34-17-9-16-31(22-34)28-12-5-2-6-13-28;1-2-6-13-11-17-15(9-12(13)5-1)10-14-7-3-4-8-16(14)17/h1-36H;1-26H;1-9,11H,10H2. The monoisotopic (exact) mass is 1670 g/mol. The third kappa shape index (κ3) is 14.2. The van der Waals surface area contributed by atoms with Crippen molar-refractivity contribution in [1.82, 2.24) is 34.5 Å². The minimum absolute atomic E-state index is 0.524. The van der Waals surface area contributed by atoms with Gasteiger partial charge in [-0.05, 0) is 189 Å². The molecule has 0 aliphatic heterocycles. The van der Waals surface area contributed by atoms with Gasteiger partial charge in [0, 0.05) is 82.9 Å². The van der Waals surface area contributed by atoms with E-state index in [1.807, 2.05) is 84.9 Å². The molecule has 0 atom stereocenters. The maximum atomic E-state index is 6.92. The van der Waals surface area contributed by atoms with Gasteiger partial charge in [0.15, 0.2) is 34.9 Å². The molecule has 5 heterocycles. The molecule has 604 valence electrons. The van der Waals surface area contributed by atoms with E-state index in [2.05, 4.69) is 356 Å². The van der Waals surface area contributed by atoms with Gasteiger partial charge in [0.05, 0.1) is 16.7 Å². The Labute approximate surface area is 747 Å². The van der Waals surface area contributed by atoms with Crippen molar-refractivity contribution in [3.63, 3.8) is 0 Å². The summed E-state index contributed by atoms with van der Waals surface area (Å²) in [5.74, 6) is 3.41. The summed E-state index contributed by atoms with van der Waals surface area (Å²) >= 11 is 6.75. The quantitative estimate of drug-likeness (QED) is 0.126. The lowest BCUT2D eigenvalue weighted by Gasteiger charge is -2.13. The molecule has 0 unspecified atom stereocenters. The van der Waals surface area contributed by atoms with Gasteiger partial charge in [-0.3, -0.25) is 0 Å². The molecular weight excluding hydrogens is 1590 g/mol. The molecule has 0 spiro atoms. The maximum absolute atomic E-state index is 6.92. The Morgan fingerprint density at radius 2 is 0.558 bits per heavy atom. The normalized spacial score (nSPS) is 11.7. The lowest BCUT2D eigenvalue weighted by molar-refractivity contribution is 0.669. The van der Waals surface area contributed by atoms with Gasteiger partial charge in [0.25, 0.3) is 0 Å². The molecule has 20 aromatic carbocycles.